The maximum atomic E-state index is 12.9. The molecule has 0 saturated heterocycles. The van der Waals surface area contributed by atoms with E-state index >= 15 is 0 Å². The number of Topliss-reactive ketones (excluding diaryl/α,β-unsaturated/α-hetero) is 1. The van der Waals surface area contributed by atoms with Gasteiger partial charge in [-0.25, -0.2) is 0 Å². The van der Waals surface area contributed by atoms with Crippen molar-refractivity contribution in [2.75, 3.05) is 5.88 Å². The molecule has 0 bridgehead atoms. The molecule has 112 valence electrons. The zero-order valence-electron chi connectivity index (χ0n) is 10.8. The number of para-hydroxylation sites is 1. The van der Waals surface area contributed by atoms with Gasteiger partial charge in [-0.05, 0) is 12.1 Å². The van der Waals surface area contributed by atoms with E-state index in [1.165, 1.54) is 32.0 Å². The van der Waals surface area contributed by atoms with Crippen LogP contribution in [0.15, 0.2) is 24.3 Å². The highest BCUT2D eigenvalue weighted by Gasteiger charge is 2.45. The number of alkyl halides is 5. The number of carbonyl (C=O) groups excluding carboxylic acids is 1. The van der Waals surface area contributed by atoms with E-state index in [9.17, 15) is 22.4 Å². The van der Waals surface area contributed by atoms with E-state index in [0.29, 0.717) is 0 Å². The number of hydrogen-bond acceptors (Lipinski definition) is 2. The van der Waals surface area contributed by atoms with Crippen LogP contribution < -0.4 is 4.74 Å². The van der Waals surface area contributed by atoms with Crippen LogP contribution in [0.25, 0.3) is 0 Å². The van der Waals surface area contributed by atoms with Crippen LogP contribution in [0.3, 0.4) is 0 Å². The van der Waals surface area contributed by atoms with Gasteiger partial charge in [0.15, 0.2) is 5.78 Å². The molecule has 20 heavy (non-hydrogen) atoms. The Hall–Kier alpha value is -1.30. The lowest BCUT2D eigenvalue weighted by molar-refractivity contribution is -0.253. The Bertz CT molecular complexity index is 489. The van der Waals surface area contributed by atoms with Gasteiger partial charge in [0.05, 0.1) is 5.56 Å². The molecule has 0 aliphatic carbocycles. The highest BCUT2D eigenvalue weighted by molar-refractivity contribution is 6.21. The molecular weight excluding hydrogens is 300 g/mol. The first-order valence-corrected chi connectivity index (χ1v) is 6.20. The predicted molar refractivity (Wildman–Crippen MR) is 66.9 cm³/mol. The van der Waals surface area contributed by atoms with Gasteiger partial charge in [-0.2, -0.15) is 17.6 Å². The van der Waals surface area contributed by atoms with E-state index in [1.54, 1.807) is 0 Å². The topological polar surface area (TPSA) is 26.3 Å². The first kappa shape index (κ1) is 16.8. The maximum Gasteiger partial charge on any atom is 0.461 e. The van der Waals surface area contributed by atoms with Crippen molar-refractivity contribution in [1.29, 1.82) is 0 Å². The highest BCUT2D eigenvalue weighted by Crippen LogP contribution is 2.33. The standard InChI is InChI=1S/C13H13ClF4O2/c1-12(2,7-14)10(19)8-5-3-4-6-9(8)20-13(17,18)11(15)16/h3-6,11H,7H2,1-2H3. The zero-order valence-corrected chi connectivity index (χ0v) is 11.6. The van der Waals surface area contributed by atoms with Crippen LogP contribution in [-0.2, 0) is 0 Å². The molecule has 0 atom stereocenters. The average molecular weight is 313 g/mol. The lowest BCUT2D eigenvalue weighted by Crippen LogP contribution is -2.34. The molecule has 1 rings (SSSR count). The SMILES string of the molecule is CC(C)(CCl)C(=O)c1ccccc1OC(F)(F)C(F)F. The fraction of sp³-hybridized carbons (Fsp3) is 0.462. The molecule has 0 unspecified atom stereocenters. The van der Waals surface area contributed by atoms with E-state index in [1.807, 2.05) is 0 Å². The minimum atomic E-state index is -4.67. The lowest BCUT2D eigenvalue weighted by Gasteiger charge is -2.23. The van der Waals surface area contributed by atoms with Crippen LogP contribution in [0.2, 0.25) is 0 Å². The molecule has 0 aliphatic rings. The Labute approximate surface area is 118 Å². The largest absolute Gasteiger partial charge is 0.461 e. The molecule has 0 spiro atoms. The summed E-state index contributed by atoms with van der Waals surface area (Å²) in [5.41, 5.74) is -1.24. The van der Waals surface area contributed by atoms with Gasteiger partial charge in [0.25, 0.3) is 0 Å². The van der Waals surface area contributed by atoms with Gasteiger partial charge in [0, 0.05) is 11.3 Å². The third-order valence-electron chi connectivity index (χ3n) is 2.58. The monoisotopic (exact) mass is 312 g/mol. The molecule has 1 aromatic rings. The van der Waals surface area contributed by atoms with Crippen LogP contribution in [0, 0.1) is 5.41 Å². The molecule has 0 saturated carbocycles. The number of ketones is 1. The number of ether oxygens (including phenoxy) is 1. The maximum absolute atomic E-state index is 12.9. The molecule has 0 N–H and O–H groups in total. The van der Waals surface area contributed by atoms with E-state index in [0.717, 1.165) is 6.07 Å². The highest BCUT2D eigenvalue weighted by atomic mass is 35.5. The summed E-state index contributed by atoms with van der Waals surface area (Å²) in [5, 5.41) is 0. The Morgan fingerprint density at radius 3 is 2.35 bits per heavy atom. The van der Waals surface area contributed by atoms with Gasteiger partial charge in [-0.15, -0.1) is 11.6 Å². The van der Waals surface area contributed by atoms with E-state index in [-0.39, 0.29) is 11.4 Å². The van der Waals surface area contributed by atoms with Crippen molar-refractivity contribution in [2.45, 2.75) is 26.4 Å². The second-order valence-corrected chi connectivity index (χ2v) is 5.07. The minimum Gasteiger partial charge on any atom is -0.428 e. The van der Waals surface area contributed by atoms with Crippen molar-refractivity contribution in [1.82, 2.24) is 0 Å². The molecular formula is C13H13ClF4O2. The third-order valence-corrected chi connectivity index (χ3v) is 3.25. The van der Waals surface area contributed by atoms with Crippen molar-refractivity contribution in [2.24, 2.45) is 5.41 Å². The average Bonchev–Trinajstić information content (AvgIpc) is 2.38. The van der Waals surface area contributed by atoms with Crippen LogP contribution in [0.4, 0.5) is 17.6 Å². The van der Waals surface area contributed by atoms with Gasteiger partial charge in [-0.1, -0.05) is 26.0 Å². The molecule has 0 aliphatic heterocycles. The molecule has 0 heterocycles. The number of hydrogen-bond donors (Lipinski definition) is 0. The Morgan fingerprint density at radius 2 is 1.85 bits per heavy atom. The number of halogens is 5. The predicted octanol–water partition coefficient (Wildman–Crippen LogP) is 4.37. The number of rotatable bonds is 6. The van der Waals surface area contributed by atoms with Gasteiger partial charge < -0.3 is 4.74 Å². The summed E-state index contributed by atoms with van der Waals surface area (Å²) in [7, 11) is 0. The fourth-order valence-electron chi connectivity index (χ4n) is 1.36. The minimum absolute atomic E-state index is 0.0502. The van der Waals surface area contributed by atoms with Gasteiger partial charge >= 0.3 is 12.5 Å². The van der Waals surface area contributed by atoms with Crippen LogP contribution in [0.1, 0.15) is 24.2 Å². The fourth-order valence-corrected chi connectivity index (χ4v) is 1.48. The molecule has 2 nitrogen and oxygen atoms in total. The van der Waals surface area contributed by atoms with Crippen molar-refractivity contribution in [3.05, 3.63) is 29.8 Å². The summed E-state index contributed by atoms with van der Waals surface area (Å²) in [6.07, 6.45) is -8.66. The van der Waals surface area contributed by atoms with E-state index in [4.69, 9.17) is 11.6 Å². The summed E-state index contributed by atoms with van der Waals surface area (Å²) in [6.45, 7) is 3.04. The summed E-state index contributed by atoms with van der Waals surface area (Å²) < 4.78 is 54.2. The quantitative estimate of drug-likeness (QED) is 0.443. The lowest BCUT2D eigenvalue weighted by atomic mass is 9.86. The van der Waals surface area contributed by atoms with Crippen molar-refractivity contribution < 1.29 is 27.1 Å². The Morgan fingerprint density at radius 1 is 1.30 bits per heavy atom. The number of carbonyl (C=O) groups is 1. The van der Waals surface area contributed by atoms with Crippen LogP contribution in [-0.4, -0.2) is 24.2 Å². The number of benzene rings is 1. The second kappa shape index (κ2) is 5.99. The van der Waals surface area contributed by atoms with Crippen LogP contribution >= 0.6 is 11.6 Å². The van der Waals surface area contributed by atoms with Crippen molar-refractivity contribution in [3.8, 4) is 5.75 Å². The van der Waals surface area contributed by atoms with Gasteiger partial charge in [-0.3, -0.25) is 4.79 Å². The summed E-state index contributed by atoms with van der Waals surface area (Å²) in [5.74, 6) is -1.21. The van der Waals surface area contributed by atoms with Crippen molar-refractivity contribution >= 4 is 17.4 Å². The molecule has 0 amide bonds. The molecule has 0 aromatic heterocycles. The van der Waals surface area contributed by atoms with Gasteiger partial charge in [0.1, 0.15) is 5.75 Å². The summed E-state index contributed by atoms with van der Waals surface area (Å²) in [4.78, 5) is 12.2. The Balaban J connectivity index is 3.16. The Kier molecular flexibility index (Phi) is 5.02. The van der Waals surface area contributed by atoms with E-state index in [2.05, 4.69) is 4.74 Å². The summed E-state index contributed by atoms with van der Waals surface area (Å²) in [6, 6.07) is 4.99. The van der Waals surface area contributed by atoms with Crippen molar-refractivity contribution in [3.63, 3.8) is 0 Å². The van der Waals surface area contributed by atoms with E-state index < -0.39 is 29.5 Å². The first-order chi connectivity index (χ1) is 9.12. The molecule has 0 fully saturated rings. The second-order valence-electron chi connectivity index (χ2n) is 4.81. The summed E-state index contributed by atoms with van der Waals surface area (Å²) >= 11 is 5.64. The first-order valence-electron chi connectivity index (χ1n) is 5.66. The molecule has 1 aromatic carbocycles. The normalized spacial score (nSPS) is 12.6. The van der Waals surface area contributed by atoms with Crippen LogP contribution in [0.5, 0.6) is 5.75 Å². The zero-order chi connectivity index (χ0) is 15.6. The molecule has 0 radical (unpaired) electrons. The smallest absolute Gasteiger partial charge is 0.428 e. The third kappa shape index (κ3) is 3.62. The molecule has 7 heteroatoms. The van der Waals surface area contributed by atoms with Gasteiger partial charge in [0.2, 0.25) is 0 Å².